The van der Waals surface area contributed by atoms with Gasteiger partial charge in [0, 0.05) is 43.2 Å². The molecular weight excluding hydrogens is 513 g/mol. The van der Waals surface area contributed by atoms with E-state index in [9.17, 15) is 22.8 Å². The maximum atomic E-state index is 12.8. The molecule has 4 rings (SSSR count). The van der Waals surface area contributed by atoms with Gasteiger partial charge in [-0.2, -0.15) is 0 Å². The molecule has 1 saturated heterocycles. The SMILES string of the molecule is O=C(O)Oc1cc2c(Br)c(N3CCN(C(=O)c4cccc(OC(F)(F)F)c4)CC3)ccc2o1. The first-order valence-electron chi connectivity index (χ1n) is 9.63. The first kappa shape index (κ1) is 22.8. The highest BCUT2D eigenvalue weighted by molar-refractivity contribution is 9.10. The second-order valence-electron chi connectivity index (χ2n) is 7.10. The van der Waals surface area contributed by atoms with Crippen LogP contribution in [0.15, 0.2) is 51.4 Å². The Labute approximate surface area is 193 Å². The molecule has 0 spiro atoms. The quantitative estimate of drug-likeness (QED) is 0.470. The van der Waals surface area contributed by atoms with Crippen LogP contribution >= 0.6 is 15.9 Å². The number of amides is 1. The van der Waals surface area contributed by atoms with Crippen molar-refractivity contribution in [2.45, 2.75) is 6.36 Å². The average molecular weight is 529 g/mol. The lowest BCUT2D eigenvalue weighted by molar-refractivity contribution is -0.274. The van der Waals surface area contributed by atoms with E-state index in [2.05, 4.69) is 25.4 Å². The van der Waals surface area contributed by atoms with E-state index in [-0.39, 0.29) is 17.4 Å². The molecule has 1 aliphatic heterocycles. The van der Waals surface area contributed by atoms with Gasteiger partial charge in [-0.3, -0.25) is 4.79 Å². The zero-order chi connectivity index (χ0) is 23.8. The number of rotatable bonds is 4. The number of carboxylic acid groups (broad SMARTS) is 1. The number of piperazine rings is 1. The second kappa shape index (κ2) is 8.85. The Bertz CT molecular complexity index is 1200. The van der Waals surface area contributed by atoms with Gasteiger partial charge in [-0.15, -0.1) is 13.2 Å². The van der Waals surface area contributed by atoms with Crippen molar-refractivity contribution in [2.24, 2.45) is 0 Å². The number of hydrogen-bond donors (Lipinski definition) is 1. The summed E-state index contributed by atoms with van der Waals surface area (Å²) in [7, 11) is 0. The standard InChI is InChI=1S/C21H16BrF3N2O6/c22-18-14-11-17(32-20(29)30)31-16(14)5-4-15(18)26-6-8-27(9-7-26)19(28)12-2-1-3-13(10-12)33-21(23,24)25/h1-5,10-11H,6-9H2,(H,29,30). The molecule has 0 atom stereocenters. The van der Waals surface area contributed by atoms with Crippen molar-refractivity contribution in [1.82, 2.24) is 4.90 Å². The van der Waals surface area contributed by atoms with Gasteiger partial charge in [-0.05, 0) is 46.3 Å². The van der Waals surface area contributed by atoms with Crippen LogP contribution in [0.5, 0.6) is 11.7 Å². The Morgan fingerprint density at radius 3 is 2.45 bits per heavy atom. The Morgan fingerprint density at radius 1 is 1.06 bits per heavy atom. The molecular formula is C21H16BrF3N2O6. The topological polar surface area (TPSA) is 92.5 Å². The number of carbonyl (C=O) groups is 2. The summed E-state index contributed by atoms with van der Waals surface area (Å²) in [4.78, 5) is 27.1. The van der Waals surface area contributed by atoms with Crippen LogP contribution in [-0.4, -0.2) is 54.6 Å². The van der Waals surface area contributed by atoms with Crippen molar-refractivity contribution in [2.75, 3.05) is 31.1 Å². The summed E-state index contributed by atoms with van der Waals surface area (Å²) in [5.74, 6) is -0.986. The number of furan rings is 1. The number of carbonyl (C=O) groups excluding carboxylic acids is 1. The molecule has 2 heterocycles. The number of anilines is 1. The fourth-order valence-electron chi connectivity index (χ4n) is 3.58. The third-order valence-electron chi connectivity index (χ3n) is 5.00. The third kappa shape index (κ3) is 5.16. The fourth-order valence-corrected chi connectivity index (χ4v) is 4.28. The number of benzene rings is 2. The Morgan fingerprint density at radius 2 is 1.79 bits per heavy atom. The number of ether oxygens (including phenoxy) is 2. The molecule has 8 nitrogen and oxygen atoms in total. The summed E-state index contributed by atoms with van der Waals surface area (Å²) in [6, 6.07) is 9.94. The minimum Gasteiger partial charge on any atom is -0.449 e. The van der Waals surface area contributed by atoms with Crippen LogP contribution in [0.2, 0.25) is 0 Å². The molecule has 2 aromatic carbocycles. The summed E-state index contributed by atoms with van der Waals surface area (Å²) in [5.41, 5.74) is 1.37. The number of hydrogen-bond acceptors (Lipinski definition) is 6. The zero-order valence-electron chi connectivity index (χ0n) is 16.8. The van der Waals surface area contributed by atoms with Gasteiger partial charge in [0.1, 0.15) is 11.3 Å². The molecule has 1 aromatic heterocycles. The summed E-state index contributed by atoms with van der Waals surface area (Å²) >= 11 is 3.52. The van der Waals surface area contributed by atoms with Crippen molar-refractivity contribution in [3.05, 3.63) is 52.5 Å². The number of nitrogens with zero attached hydrogens (tertiary/aromatic N) is 2. The lowest BCUT2D eigenvalue weighted by atomic mass is 10.1. The minimum absolute atomic E-state index is 0.108. The number of halogens is 4. The van der Waals surface area contributed by atoms with Crippen molar-refractivity contribution < 1.29 is 41.8 Å². The van der Waals surface area contributed by atoms with Crippen LogP contribution in [-0.2, 0) is 0 Å². The number of alkyl halides is 3. The van der Waals surface area contributed by atoms with Gasteiger partial charge in [0.15, 0.2) is 0 Å². The molecule has 1 aliphatic rings. The fraction of sp³-hybridized carbons (Fsp3) is 0.238. The predicted octanol–water partition coefficient (Wildman–Crippen LogP) is 5.11. The van der Waals surface area contributed by atoms with Crippen molar-refractivity contribution in [3.8, 4) is 11.7 Å². The monoisotopic (exact) mass is 528 g/mol. The van der Waals surface area contributed by atoms with Crippen molar-refractivity contribution in [3.63, 3.8) is 0 Å². The van der Waals surface area contributed by atoms with Crippen molar-refractivity contribution >= 4 is 44.6 Å². The van der Waals surface area contributed by atoms with Gasteiger partial charge in [-0.1, -0.05) is 6.07 Å². The van der Waals surface area contributed by atoms with Crippen LogP contribution in [0.4, 0.5) is 23.7 Å². The Balaban J connectivity index is 1.45. The molecule has 174 valence electrons. The number of fused-ring (bicyclic) bond motifs is 1. The van der Waals surface area contributed by atoms with Gasteiger partial charge in [0.2, 0.25) is 0 Å². The van der Waals surface area contributed by atoms with Crippen LogP contribution in [0.25, 0.3) is 11.0 Å². The highest BCUT2D eigenvalue weighted by Crippen LogP contribution is 2.38. The van der Waals surface area contributed by atoms with E-state index in [1.54, 1.807) is 17.0 Å². The second-order valence-corrected chi connectivity index (χ2v) is 7.89. The third-order valence-corrected chi connectivity index (χ3v) is 5.84. The van der Waals surface area contributed by atoms with E-state index in [1.807, 2.05) is 4.90 Å². The lowest BCUT2D eigenvalue weighted by Gasteiger charge is -2.36. The summed E-state index contributed by atoms with van der Waals surface area (Å²) in [5, 5.41) is 9.37. The first-order valence-corrected chi connectivity index (χ1v) is 10.4. The molecule has 1 amide bonds. The van der Waals surface area contributed by atoms with E-state index in [0.29, 0.717) is 41.6 Å². The summed E-state index contributed by atoms with van der Waals surface area (Å²) in [6.07, 6.45) is -6.32. The Kier molecular flexibility index (Phi) is 6.11. The molecule has 0 aliphatic carbocycles. The molecule has 0 saturated carbocycles. The Hall–Kier alpha value is -3.41. The van der Waals surface area contributed by atoms with Crippen LogP contribution in [0, 0.1) is 0 Å². The van der Waals surface area contributed by atoms with E-state index < -0.39 is 18.3 Å². The predicted molar refractivity (Wildman–Crippen MR) is 114 cm³/mol. The van der Waals surface area contributed by atoms with Gasteiger partial charge in [-0.25, -0.2) is 4.79 Å². The molecule has 1 fully saturated rings. The summed E-state index contributed by atoms with van der Waals surface area (Å²) < 4.78 is 51.8. The van der Waals surface area contributed by atoms with Gasteiger partial charge in [0.05, 0.1) is 10.2 Å². The smallest absolute Gasteiger partial charge is 0.449 e. The van der Waals surface area contributed by atoms with E-state index >= 15 is 0 Å². The van der Waals surface area contributed by atoms with E-state index in [1.165, 1.54) is 18.2 Å². The highest BCUT2D eigenvalue weighted by atomic mass is 79.9. The summed E-state index contributed by atoms with van der Waals surface area (Å²) in [6.45, 7) is 1.66. The normalized spacial score (nSPS) is 14.4. The molecule has 33 heavy (non-hydrogen) atoms. The van der Waals surface area contributed by atoms with E-state index in [4.69, 9.17) is 9.52 Å². The molecule has 0 radical (unpaired) electrons. The van der Waals surface area contributed by atoms with Gasteiger partial charge < -0.3 is 28.8 Å². The van der Waals surface area contributed by atoms with Crippen LogP contribution in [0.1, 0.15) is 10.4 Å². The highest BCUT2D eigenvalue weighted by Gasteiger charge is 2.31. The van der Waals surface area contributed by atoms with Crippen LogP contribution < -0.4 is 14.4 Å². The molecule has 0 bridgehead atoms. The molecule has 12 heteroatoms. The maximum absolute atomic E-state index is 12.8. The van der Waals surface area contributed by atoms with Gasteiger partial charge >= 0.3 is 12.5 Å². The van der Waals surface area contributed by atoms with Crippen LogP contribution in [0.3, 0.4) is 0 Å². The minimum atomic E-state index is -4.84. The van der Waals surface area contributed by atoms with Crippen molar-refractivity contribution in [1.29, 1.82) is 0 Å². The zero-order valence-corrected chi connectivity index (χ0v) is 18.4. The van der Waals surface area contributed by atoms with E-state index in [0.717, 1.165) is 17.8 Å². The molecule has 3 aromatic rings. The first-order chi connectivity index (χ1) is 15.6. The molecule has 0 unspecified atom stereocenters. The average Bonchev–Trinajstić information content (AvgIpc) is 3.15. The maximum Gasteiger partial charge on any atom is 0.573 e. The largest absolute Gasteiger partial charge is 0.573 e. The molecule has 1 N–H and O–H groups in total. The van der Waals surface area contributed by atoms with Gasteiger partial charge in [0.25, 0.3) is 11.9 Å². The lowest BCUT2D eigenvalue weighted by Crippen LogP contribution is -2.48.